The predicted molar refractivity (Wildman–Crippen MR) is 119 cm³/mol. The lowest BCUT2D eigenvalue weighted by molar-refractivity contribution is 0.0336. The van der Waals surface area contributed by atoms with Crippen molar-refractivity contribution in [1.29, 1.82) is 0 Å². The van der Waals surface area contributed by atoms with Gasteiger partial charge in [-0.1, -0.05) is 17.1 Å². The number of hydrogen-bond acceptors (Lipinski definition) is 5. The van der Waals surface area contributed by atoms with Gasteiger partial charge in [0.05, 0.1) is 30.3 Å². The largest absolute Gasteiger partial charge is 0.373 e. The van der Waals surface area contributed by atoms with Crippen LogP contribution in [0, 0.1) is 6.92 Å². The number of nitrogens with one attached hydrogen (secondary N) is 1. The highest BCUT2D eigenvalue weighted by molar-refractivity contribution is 6.34. The lowest BCUT2D eigenvalue weighted by Gasteiger charge is -2.34. The molecule has 3 heterocycles. The highest BCUT2D eigenvalue weighted by Gasteiger charge is 2.31. The summed E-state index contributed by atoms with van der Waals surface area (Å²) in [6.45, 7) is 2.46. The summed E-state index contributed by atoms with van der Waals surface area (Å²) in [6, 6.07) is 8.49. The molecule has 0 saturated heterocycles. The fourth-order valence-corrected chi connectivity index (χ4v) is 4.17. The molecular weight excluding hydrogens is 391 g/mol. The minimum atomic E-state index is -0.379. The summed E-state index contributed by atoms with van der Waals surface area (Å²) in [6.07, 6.45) is 3.21. The van der Waals surface area contributed by atoms with Crippen molar-refractivity contribution in [2.45, 2.75) is 19.6 Å². The number of amides is 1. The number of likely N-dealkylation sites (N-methyl/N-ethyl adjacent to an activating group) is 1. The number of pyridine rings is 1. The highest BCUT2D eigenvalue weighted by Crippen LogP contribution is 2.33. The summed E-state index contributed by atoms with van der Waals surface area (Å²) in [7, 11) is 7.89. The van der Waals surface area contributed by atoms with E-state index in [4.69, 9.17) is 12.6 Å². The van der Waals surface area contributed by atoms with Gasteiger partial charge in [0.1, 0.15) is 7.85 Å². The molecule has 1 aliphatic rings. The zero-order chi connectivity index (χ0) is 21.7. The normalized spacial score (nSPS) is 15.7. The molecule has 1 N–H and O–H groups in total. The topological polar surface area (TPSA) is 88.2 Å². The van der Waals surface area contributed by atoms with Crippen LogP contribution in [0.2, 0.25) is 0 Å². The van der Waals surface area contributed by atoms with E-state index in [0.717, 1.165) is 22.0 Å². The summed E-state index contributed by atoms with van der Waals surface area (Å²) < 4.78 is 5.73. The number of H-pyrrole nitrogens is 1. The standard InChI is InChI=1S/C23H19BN4O3/c1-12-7-15-14(9-16(12)24)21-19(27-22(15)29)10-31-11-20(21)28(2)23(30)13-3-4-17-18(8-13)26-6-5-25-17/h3-9,20H,10-11H2,1-2H3,(H,27,29). The summed E-state index contributed by atoms with van der Waals surface area (Å²) >= 11 is 0. The second-order valence-corrected chi connectivity index (χ2v) is 7.81. The summed E-state index contributed by atoms with van der Waals surface area (Å²) in [5.41, 5.74) is 4.67. The van der Waals surface area contributed by atoms with E-state index in [1.54, 1.807) is 48.6 Å². The van der Waals surface area contributed by atoms with Crippen LogP contribution in [0.4, 0.5) is 0 Å². The van der Waals surface area contributed by atoms with Gasteiger partial charge in [-0.05, 0) is 36.6 Å². The van der Waals surface area contributed by atoms with E-state index in [0.29, 0.717) is 34.2 Å². The van der Waals surface area contributed by atoms with E-state index in [1.807, 2.05) is 13.0 Å². The Morgan fingerprint density at radius 3 is 2.74 bits per heavy atom. The summed E-state index contributed by atoms with van der Waals surface area (Å²) in [5.74, 6) is -0.173. The Kier molecular flexibility index (Phi) is 4.59. The van der Waals surface area contributed by atoms with Gasteiger partial charge in [-0.25, -0.2) is 0 Å². The molecule has 2 radical (unpaired) electrons. The monoisotopic (exact) mass is 410 g/mol. The molecule has 152 valence electrons. The fourth-order valence-electron chi connectivity index (χ4n) is 4.17. The maximum Gasteiger partial charge on any atom is 0.256 e. The molecule has 2 aromatic carbocycles. The lowest BCUT2D eigenvalue weighted by atomic mass is 9.86. The van der Waals surface area contributed by atoms with Crippen molar-refractivity contribution >= 4 is 41.0 Å². The zero-order valence-corrected chi connectivity index (χ0v) is 17.2. The van der Waals surface area contributed by atoms with Crippen molar-refractivity contribution in [2.75, 3.05) is 13.7 Å². The summed E-state index contributed by atoms with van der Waals surface area (Å²) in [5, 5.41) is 1.30. The number of aryl methyl sites for hydroxylation is 1. The van der Waals surface area contributed by atoms with Crippen molar-refractivity contribution in [3.63, 3.8) is 0 Å². The predicted octanol–water partition coefficient (Wildman–Crippen LogP) is 1.92. The number of hydrogen-bond donors (Lipinski definition) is 1. The Morgan fingerprint density at radius 1 is 1.16 bits per heavy atom. The minimum absolute atomic E-state index is 0.173. The van der Waals surface area contributed by atoms with Crippen LogP contribution in [0.25, 0.3) is 21.8 Å². The van der Waals surface area contributed by atoms with E-state index in [-0.39, 0.29) is 24.1 Å². The van der Waals surface area contributed by atoms with Crippen molar-refractivity contribution < 1.29 is 9.53 Å². The quantitative estimate of drug-likeness (QED) is 0.511. The van der Waals surface area contributed by atoms with Crippen molar-refractivity contribution in [3.05, 3.63) is 75.5 Å². The number of carbonyl (C=O) groups is 1. The number of benzene rings is 2. The number of aromatic amines is 1. The van der Waals surface area contributed by atoms with Crippen molar-refractivity contribution in [3.8, 4) is 0 Å². The highest BCUT2D eigenvalue weighted by atomic mass is 16.5. The van der Waals surface area contributed by atoms with E-state index in [9.17, 15) is 9.59 Å². The van der Waals surface area contributed by atoms with Gasteiger partial charge >= 0.3 is 0 Å². The maximum absolute atomic E-state index is 13.3. The van der Waals surface area contributed by atoms with Gasteiger partial charge in [-0.2, -0.15) is 0 Å². The Bertz CT molecular complexity index is 1420. The number of ether oxygens (including phenoxy) is 1. The molecule has 1 unspecified atom stereocenters. The van der Waals surface area contributed by atoms with Gasteiger partial charge in [0.2, 0.25) is 0 Å². The molecule has 5 rings (SSSR count). The van der Waals surface area contributed by atoms with Crippen LogP contribution < -0.4 is 11.0 Å². The average molecular weight is 410 g/mol. The van der Waals surface area contributed by atoms with Crippen LogP contribution >= 0.6 is 0 Å². The van der Waals surface area contributed by atoms with Gasteiger partial charge in [-0.15, -0.1) is 0 Å². The number of aromatic nitrogens is 3. The first kappa shape index (κ1) is 19.4. The second kappa shape index (κ2) is 7.32. The van der Waals surface area contributed by atoms with Crippen LogP contribution in [0.15, 0.2) is 47.5 Å². The van der Waals surface area contributed by atoms with Crippen molar-refractivity contribution in [2.24, 2.45) is 0 Å². The summed E-state index contributed by atoms with van der Waals surface area (Å²) in [4.78, 5) is 39.1. The molecule has 1 amide bonds. The van der Waals surface area contributed by atoms with Gasteiger partial charge in [-0.3, -0.25) is 19.6 Å². The SMILES string of the molecule is [B]c1cc2c3c([nH]c(=O)c2cc1C)COCC3N(C)C(=O)c1ccc2nccnc2c1. The first-order valence-electron chi connectivity index (χ1n) is 9.94. The molecule has 1 atom stereocenters. The Morgan fingerprint density at radius 2 is 1.94 bits per heavy atom. The first-order valence-corrected chi connectivity index (χ1v) is 9.94. The molecule has 31 heavy (non-hydrogen) atoms. The van der Waals surface area contributed by atoms with Crippen LogP contribution in [0.1, 0.15) is 33.2 Å². The number of nitrogens with zero attached hydrogens (tertiary/aromatic N) is 3. The third-order valence-electron chi connectivity index (χ3n) is 5.89. The third kappa shape index (κ3) is 3.20. The van der Waals surface area contributed by atoms with Crippen LogP contribution in [0.5, 0.6) is 0 Å². The number of carbonyl (C=O) groups excluding carboxylic acids is 1. The lowest BCUT2D eigenvalue weighted by Crippen LogP contribution is -2.37. The Balaban J connectivity index is 1.61. The molecule has 0 aliphatic carbocycles. The Hall–Kier alpha value is -3.52. The third-order valence-corrected chi connectivity index (χ3v) is 5.89. The fraction of sp³-hybridized carbons (Fsp3) is 0.217. The average Bonchev–Trinajstić information content (AvgIpc) is 2.78. The van der Waals surface area contributed by atoms with Crippen molar-refractivity contribution in [1.82, 2.24) is 19.9 Å². The second-order valence-electron chi connectivity index (χ2n) is 7.81. The first-order chi connectivity index (χ1) is 14.9. The smallest absolute Gasteiger partial charge is 0.256 e. The molecule has 0 spiro atoms. The molecule has 7 nitrogen and oxygen atoms in total. The molecule has 2 aromatic heterocycles. The van der Waals surface area contributed by atoms with E-state index < -0.39 is 0 Å². The van der Waals surface area contributed by atoms with Gasteiger partial charge in [0.15, 0.2) is 0 Å². The number of fused-ring (bicyclic) bond motifs is 4. The van der Waals surface area contributed by atoms with Gasteiger partial charge < -0.3 is 14.6 Å². The van der Waals surface area contributed by atoms with Gasteiger partial charge in [0.25, 0.3) is 11.5 Å². The van der Waals surface area contributed by atoms with Crippen LogP contribution in [-0.2, 0) is 11.3 Å². The maximum atomic E-state index is 13.3. The molecule has 1 aliphatic heterocycles. The molecule has 0 fully saturated rings. The molecule has 0 bridgehead atoms. The van der Waals surface area contributed by atoms with E-state index >= 15 is 0 Å². The molecule has 4 aromatic rings. The number of rotatable bonds is 2. The van der Waals surface area contributed by atoms with Crippen LogP contribution in [-0.4, -0.2) is 47.3 Å². The molecule has 0 saturated carbocycles. The molecular formula is C23H19BN4O3. The minimum Gasteiger partial charge on any atom is -0.373 e. The molecule has 8 heteroatoms. The zero-order valence-electron chi connectivity index (χ0n) is 17.2. The van der Waals surface area contributed by atoms with Gasteiger partial charge in [0, 0.05) is 41.6 Å². The Labute approximate surface area is 179 Å². The van der Waals surface area contributed by atoms with Crippen LogP contribution in [0.3, 0.4) is 0 Å². The van der Waals surface area contributed by atoms with E-state index in [2.05, 4.69) is 15.0 Å². The van der Waals surface area contributed by atoms with E-state index in [1.165, 1.54) is 0 Å².